The number of rotatable bonds is 5. The lowest BCUT2D eigenvalue weighted by Gasteiger charge is -2.00. The number of nitrogens with zero attached hydrogens (tertiary/aromatic N) is 4. The van der Waals surface area contributed by atoms with Gasteiger partial charge in [0.2, 0.25) is 0 Å². The smallest absolute Gasteiger partial charge is 0.294 e. The average Bonchev–Trinajstić information content (AvgIpc) is 2.85. The zero-order chi connectivity index (χ0) is 13.0. The molecule has 7 heteroatoms. The Morgan fingerprint density at radius 3 is 2.94 bits per heavy atom. The number of hydrogen-bond donors (Lipinski definition) is 1. The summed E-state index contributed by atoms with van der Waals surface area (Å²) in [7, 11) is 0. The molecule has 0 saturated carbocycles. The molecule has 2 rings (SSSR count). The van der Waals surface area contributed by atoms with Gasteiger partial charge in [-0.25, -0.2) is 4.68 Å². The van der Waals surface area contributed by atoms with E-state index in [-0.39, 0.29) is 5.69 Å². The molecule has 0 amide bonds. The van der Waals surface area contributed by atoms with Crippen molar-refractivity contribution in [1.82, 2.24) is 20.3 Å². The molecule has 94 valence electrons. The van der Waals surface area contributed by atoms with Crippen LogP contribution in [0.15, 0.2) is 30.5 Å². The Bertz CT molecular complexity index is 552. The first-order valence-corrected chi connectivity index (χ1v) is 5.58. The number of nitrogens with one attached hydrogen (secondary N) is 1. The second kappa shape index (κ2) is 5.37. The monoisotopic (exact) mass is 247 g/mol. The Balaban J connectivity index is 2.31. The highest BCUT2D eigenvalue weighted by atomic mass is 16.6. The third-order valence-electron chi connectivity index (χ3n) is 2.42. The molecule has 18 heavy (non-hydrogen) atoms. The van der Waals surface area contributed by atoms with Crippen LogP contribution in [0.25, 0.3) is 5.69 Å². The number of benzene rings is 1. The van der Waals surface area contributed by atoms with Crippen LogP contribution in [0.1, 0.15) is 12.6 Å². The summed E-state index contributed by atoms with van der Waals surface area (Å²) in [5, 5.41) is 21.9. The molecule has 0 radical (unpaired) electrons. The van der Waals surface area contributed by atoms with E-state index in [1.807, 2.05) is 6.92 Å². The van der Waals surface area contributed by atoms with Crippen molar-refractivity contribution in [2.75, 3.05) is 6.54 Å². The van der Waals surface area contributed by atoms with Crippen molar-refractivity contribution in [3.63, 3.8) is 0 Å². The van der Waals surface area contributed by atoms with E-state index in [4.69, 9.17) is 0 Å². The van der Waals surface area contributed by atoms with E-state index in [0.717, 1.165) is 12.2 Å². The topological polar surface area (TPSA) is 85.9 Å². The molecule has 0 unspecified atom stereocenters. The quantitative estimate of drug-likeness (QED) is 0.635. The second-order valence-corrected chi connectivity index (χ2v) is 3.68. The van der Waals surface area contributed by atoms with Crippen LogP contribution in [0, 0.1) is 10.1 Å². The fraction of sp³-hybridized carbons (Fsp3) is 0.273. The number of hydrogen-bond acceptors (Lipinski definition) is 5. The third kappa shape index (κ3) is 2.51. The van der Waals surface area contributed by atoms with E-state index in [1.165, 1.54) is 10.7 Å². The summed E-state index contributed by atoms with van der Waals surface area (Å²) in [5.74, 6) is 0. The summed E-state index contributed by atoms with van der Waals surface area (Å²) >= 11 is 0. The van der Waals surface area contributed by atoms with Crippen LogP contribution in [0.2, 0.25) is 0 Å². The Hall–Kier alpha value is -2.28. The van der Waals surface area contributed by atoms with Gasteiger partial charge in [0, 0.05) is 12.6 Å². The maximum Gasteiger partial charge on any atom is 0.294 e. The molecule has 0 bridgehead atoms. The summed E-state index contributed by atoms with van der Waals surface area (Å²) in [6.07, 6.45) is 1.69. The zero-order valence-corrected chi connectivity index (χ0v) is 9.91. The van der Waals surface area contributed by atoms with Gasteiger partial charge in [0.05, 0.1) is 16.8 Å². The van der Waals surface area contributed by atoms with Gasteiger partial charge in [-0.1, -0.05) is 24.3 Å². The lowest BCUT2D eigenvalue weighted by Crippen LogP contribution is -2.11. The lowest BCUT2D eigenvalue weighted by atomic mass is 10.3. The van der Waals surface area contributed by atoms with Gasteiger partial charge in [-0.15, -0.1) is 5.10 Å². The van der Waals surface area contributed by atoms with Crippen LogP contribution in [-0.2, 0) is 6.54 Å². The van der Waals surface area contributed by atoms with E-state index in [2.05, 4.69) is 15.6 Å². The minimum Gasteiger partial charge on any atom is -0.311 e. The SMILES string of the molecule is CCNCc1cn(-c2ccccc2[N+](=O)[O-])nn1. The Morgan fingerprint density at radius 1 is 1.44 bits per heavy atom. The fourth-order valence-corrected chi connectivity index (χ4v) is 1.56. The predicted molar refractivity (Wildman–Crippen MR) is 65.4 cm³/mol. The van der Waals surface area contributed by atoms with Crippen LogP contribution in [0.5, 0.6) is 0 Å². The highest BCUT2D eigenvalue weighted by Gasteiger charge is 2.15. The van der Waals surface area contributed by atoms with Gasteiger partial charge in [0.1, 0.15) is 5.69 Å². The molecule has 0 fully saturated rings. The molecule has 0 saturated heterocycles. The summed E-state index contributed by atoms with van der Waals surface area (Å²) in [4.78, 5) is 10.5. The van der Waals surface area contributed by atoms with Crippen molar-refractivity contribution < 1.29 is 4.92 Å². The van der Waals surface area contributed by atoms with Crippen molar-refractivity contribution in [1.29, 1.82) is 0 Å². The molecule has 0 aliphatic carbocycles. The standard InChI is InChI=1S/C11H13N5O2/c1-2-12-7-9-8-15(14-13-9)10-5-3-4-6-11(10)16(17)18/h3-6,8,12H,2,7H2,1H3. The van der Waals surface area contributed by atoms with Crippen molar-refractivity contribution in [3.8, 4) is 5.69 Å². The minimum atomic E-state index is -0.430. The highest BCUT2D eigenvalue weighted by molar-refractivity contribution is 5.51. The van der Waals surface area contributed by atoms with Crippen molar-refractivity contribution in [2.45, 2.75) is 13.5 Å². The highest BCUT2D eigenvalue weighted by Crippen LogP contribution is 2.21. The third-order valence-corrected chi connectivity index (χ3v) is 2.42. The molecule has 1 aromatic heterocycles. The van der Waals surface area contributed by atoms with Crippen molar-refractivity contribution >= 4 is 5.69 Å². The molecular formula is C11H13N5O2. The van der Waals surface area contributed by atoms with Gasteiger partial charge in [0.25, 0.3) is 5.69 Å². The van der Waals surface area contributed by atoms with Crippen LogP contribution in [0.3, 0.4) is 0 Å². The maximum absolute atomic E-state index is 10.9. The van der Waals surface area contributed by atoms with E-state index in [0.29, 0.717) is 12.2 Å². The van der Waals surface area contributed by atoms with Crippen LogP contribution in [0.4, 0.5) is 5.69 Å². The second-order valence-electron chi connectivity index (χ2n) is 3.68. The Morgan fingerprint density at radius 2 is 2.22 bits per heavy atom. The molecule has 1 N–H and O–H groups in total. The number of nitro benzene ring substituents is 1. The molecule has 2 aromatic rings. The summed E-state index contributed by atoms with van der Waals surface area (Å²) in [6.45, 7) is 3.42. The number of nitro groups is 1. The van der Waals surface area contributed by atoms with E-state index < -0.39 is 4.92 Å². The molecule has 1 aromatic carbocycles. The van der Waals surface area contributed by atoms with Crippen molar-refractivity contribution in [2.24, 2.45) is 0 Å². The van der Waals surface area contributed by atoms with Gasteiger partial charge >= 0.3 is 0 Å². The normalized spacial score (nSPS) is 10.5. The van der Waals surface area contributed by atoms with E-state index in [1.54, 1.807) is 24.4 Å². The predicted octanol–water partition coefficient (Wildman–Crippen LogP) is 1.28. The average molecular weight is 247 g/mol. The molecular weight excluding hydrogens is 234 g/mol. The molecule has 1 heterocycles. The summed E-state index contributed by atoms with van der Waals surface area (Å²) in [5.41, 5.74) is 1.17. The van der Waals surface area contributed by atoms with E-state index in [9.17, 15) is 10.1 Å². The Labute approximate surface area is 104 Å². The molecule has 0 atom stereocenters. The van der Waals surface area contributed by atoms with Crippen LogP contribution in [-0.4, -0.2) is 26.5 Å². The van der Waals surface area contributed by atoms with Crippen molar-refractivity contribution in [3.05, 3.63) is 46.3 Å². The fourth-order valence-electron chi connectivity index (χ4n) is 1.56. The molecule has 0 aliphatic heterocycles. The zero-order valence-electron chi connectivity index (χ0n) is 9.91. The maximum atomic E-state index is 10.9. The summed E-state index contributed by atoms with van der Waals surface area (Å²) in [6, 6.07) is 6.44. The van der Waals surface area contributed by atoms with Crippen LogP contribution >= 0.6 is 0 Å². The van der Waals surface area contributed by atoms with E-state index >= 15 is 0 Å². The van der Waals surface area contributed by atoms with Gasteiger partial charge < -0.3 is 5.32 Å². The first-order valence-electron chi connectivity index (χ1n) is 5.58. The van der Waals surface area contributed by atoms with Gasteiger partial charge in [-0.05, 0) is 12.6 Å². The summed E-state index contributed by atoms with van der Waals surface area (Å²) < 4.78 is 1.42. The molecule has 7 nitrogen and oxygen atoms in total. The largest absolute Gasteiger partial charge is 0.311 e. The number of para-hydroxylation sites is 2. The minimum absolute atomic E-state index is 0.0115. The first kappa shape index (κ1) is 12.2. The van der Waals surface area contributed by atoms with Gasteiger partial charge in [-0.2, -0.15) is 0 Å². The van der Waals surface area contributed by atoms with Crippen LogP contribution < -0.4 is 5.32 Å². The molecule has 0 aliphatic rings. The lowest BCUT2D eigenvalue weighted by molar-refractivity contribution is -0.384. The number of aromatic nitrogens is 3. The first-order chi connectivity index (χ1) is 8.72. The molecule has 0 spiro atoms. The van der Waals surface area contributed by atoms with Gasteiger partial charge in [0.15, 0.2) is 0 Å². The Kier molecular flexibility index (Phi) is 3.63. The van der Waals surface area contributed by atoms with Gasteiger partial charge in [-0.3, -0.25) is 10.1 Å².